The highest BCUT2D eigenvalue weighted by molar-refractivity contribution is 5.41. The zero-order chi connectivity index (χ0) is 17.1. The van der Waals surface area contributed by atoms with Crippen molar-refractivity contribution >= 4 is 0 Å². The average Bonchev–Trinajstić information content (AvgIpc) is 2.85. The van der Waals surface area contributed by atoms with E-state index < -0.39 is 5.60 Å². The molecule has 0 amide bonds. The van der Waals surface area contributed by atoms with Gasteiger partial charge in [-0.15, -0.1) is 6.42 Å². The molecule has 4 rings (SSSR count). The van der Waals surface area contributed by atoms with E-state index in [2.05, 4.69) is 18.9 Å². The molecule has 1 aromatic carbocycles. The third kappa shape index (κ3) is 1.93. The summed E-state index contributed by atoms with van der Waals surface area (Å²) in [7, 11) is 1.77. The van der Waals surface area contributed by atoms with Crippen LogP contribution in [0, 0.1) is 29.6 Å². The Bertz CT molecular complexity index is 706. The number of benzene rings is 1. The first-order chi connectivity index (χ1) is 11.4. The van der Waals surface area contributed by atoms with Crippen molar-refractivity contribution in [2.75, 3.05) is 7.11 Å². The summed E-state index contributed by atoms with van der Waals surface area (Å²) in [5.41, 5.74) is 1.26. The molecule has 3 aliphatic rings. The van der Waals surface area contributed by atoms with E-state index in [9.17, 15) is 10.2 Å². The molecule has 0 aromatic heterocycles. The van der Waals surface area contributed by atoms with Gasteiger partial charge < -0.3 is 14.9 Å². The van der Waals surface area contributed by atoms with Gasteiger partial charge >= 0.3 is 0 Å². The number of hydrogen-bond acceptors (Lipinski definition) is 3. The van der Waals surface area contributed by atoms with E-state index in [0.717, 1.165) is 25.7 Å². The number of aryl methyl sites for hydroxylation is 1. The Kier molecular flexibility index (Phi) is 3.50. The van der Waals surface area contributed by atoms with Gasteiger partial charge in [-0.1, -0.05) is 18.9 Å². The lowest BCUT2D eigenvalue weighted by Gasteiger charge is -2.54. The van der Waals surface area contributed by atoms with Gasteiger partial charge in [0.2, 0.25) is 0 Å². The molecule has 3 aliphatic carbocycles. The first-order valence-corrected chi connectivity index (χ1v) is 8.98. The van der Waals surface area contributed by atoms with Crippen molar-refractivity contribution < 1.29 is 14.9 Å². The van der Waals surface area contributed by atoms with Gasteiger partial charge in [-0.25, -0.2) is 0 Å². The van der Waals surface area contributed by atoms with Crippen LogP contribution in [0.5, 0.6) is 5.75 Å². The van der Waals surface area contributed by atoms with E-state index in [1.165, 1.54) is 11.1 Å². The third-order valence-corrected chi connectivity index (χ3v) is 7.36. The highest BCUT2D eigenvalue weighted by Crippen LogP contribution is 2.64. The zero-order valence-electron chi connectivity index (χ0n) is 14.5. The van der Waals surface area contributed by atoms with Crippen LogP contribution in [0.25, 0.3) is 0 Å². The second-order valence-electron chi connectivity index (χ2n) is 8.16. The molecule has 24 heavy (non-hydrogen) atoms. The number of terminal acetylenes is 1. The van der Waals surface area contributed by atoms with Gasteiger partial charge in [-0.2, -0.15) is 0 Å². The maximum Gasteiger partial charge on any atom is 0.130 e. The van der Waals surface area contributed by atoms with Crippen LogP contribution in [0.4, 0.5) is 0 Å². The normalized spacial score (nSPS) is 43.4. The monoisotopic (exact) mass is 326 g/mol. The quantitative estimate of drug-likeness (QED) is 0.779. The Morgan fingerprint density at radius 3 is 2.83 bits per heavy atom. The van der Waals surface area contributed by atoms with E-state index >= 15 is 0 Å². The molecular formula is C21H26O3. The Morgan fingerprint density at radius 2 is 2.12 bits per heavy atom. The Hall–Kier alpha value is -1.50. The van der Waals surface area contributed by atoms with Crippen LogP contribution < -0.4 is 0 Å². The van der Waals surface area contributed by atoms with Crippen molar-refractivity contribution in [3.63, 3.8) is 0 Å². The molecule has 2 fully saturated rings. The molecule has 2 N–H and O–H groups in total. The van der Waals surface area contributed by atoms with E-state index in [1.807, 2.05) is 6.07 Å². The Balaban J connectivity index is 1.80. The topological polar surface area (TPSA) is 49.7 Å². The number of aliphatic hydroxyl groups is 1. The molecule has 0 saturated heterocycles. The summed E-state index contributed by atoms with van der Waals surface area (Å²) in [6.07, 6.45) is 10.3. The largest absolute Gasteiger partial charge is 0.508 e. The number of ether oxygens (including phenoxy) is 1. The lowest BCUT2D eigenvalue weighted by atomic mass is 9.52. The van der Waals surface area contributed by atoms with Crippen LogP contribution in [0.1, 0.15) is 49.7 Å². The van der Waals surface area contributed by atoms with Gasteiger partial charge in [0, 0.05) is 18.4 Å². The number of hydrogen-bond donors (Lipinski definition) is 2. The summed E-state index contributed by atoms with van der Waals surface area (Å²) < 4.78 is 5.92. The minimum Gasteiger partial charge on any atom is -0.508 e. The molecule has 1 aromatic rings. The molecule has 0 spiro atoms. The minimum atomic E-state index is -1.02. The summed E-state index contributed by atoms with van der Waals surface area (Å²) >= 11 is 0. The lowest BCUT2D eigenvalue weighted by molar-refractivity contribution is -0.116. The molecule has 3 heteroatoms. The van der Waals surface area contributed by atoms with Gasteiger partial charge in [0.25, 0.3) is 0 Å². The van der Waals surface area contributed by atoms with E-state index in [1.54, 1.807) is 13.2 Å². The van der Waals surface area contributed by atoms with Crippen LogP contribution in [0.3, 0.4) is 0 Å². The van der Waals surface area contributed by atoms with Crippen molar-refractivity contribution in [1.29, 1.82) is 0 Å². The van der Waals surface area contributed by atoms with Gasteiger partial charge in [0.15, 0.2) is 0 Å². The van der Waals surface area contributed by atoms with Crippen molar-refractivity contribution in [2.45, 2.75) is 56.7 Å². The van der Waals surface area contributed by atoms with Crippen LogP contribution >= 0.6 is 0 Å². The van der Waals surface area contributed by atoms with Crippen molar-refractivity contribution in [1.82, 2.24) is 0 Å². The predicted octanol–water partition coefficient (Wildman–Crippen LogP) is 3.24. The molecule has 128 valence electrons. The van der Waals surface area contributed by atoms with E-state index in [0.29, 0.717) is 29.9 Å². The molecule has 0 radical (unpaired) electrons. The Labute approximate surface area is 144 Å². The second kappa shape index (κ2) is 5.25. The van der Waals surface area contributed by atoms with E-state index in [-0.39, 0.29) is 11.5 Å². The number of aromatic hydroxyl groups is 1. The van der Waals surface area contributed by atoms with Gasteiger partial charge in [0.1, 0.15) is 11.4 Å². The molecule has 6 atom stereocenters. The number of fused-ring (bicyclic) bond motifs is 5. The third-order valence-electron chi connectivity index (χ3n) is 7.36. The van der Waals surface area contributed by atoms with Crippen LogP contribution in [0.15, 0.2) is 18.2 Å². The minimum absolute atomic E-state index is 0.0535. The maximum atomic E-state index is 11.1. The number of phenolic OH excluding ortho intramolecular Hbond substituents is 1. The number of rotatable bonds is 1. The van der Waals surface area contributed by atoms with Crippen LogP contribution in [0.2, 0.25) is 0 Å². The summed E-state index contributed by atoms with van der Waals surface area (Å²) in [4.78, 5) is 0. The number of methoxy groups -OCH3 is 1. The molecule has 0 heterocycles. The van der Waals surface area contributed by atoms with Gasteiger partial charge in [-0.05, 0) is 67.2 Å². The smallest absolute Gasteiger partial charge is 0.130 e. The molecule has 2 saturated carbocycles. The summed E-state index contributed by atoms with van der Waals surface area (Å²) in [5.74, 6) is 4.29. The molecular weight excluding hydrogens is 300 g/mol. The van der Waals surface area contributed by atoms with Crippen LogP contribution in [-0.4, -0.2) is 29.0 Å². The van der Waals surface area contributed by atoms with Crippen molar-refractivity contribution in [3.8, 4) is 18.1 Å². The maximum absolute atomic E-state index is 11.1. The first-order valence-electron chi connectivity index (χ1n) is 8.98. The van der Waals surface area contributed by atoms with Gasteiger partial charge in [0.05, 0.1) is 6.10 Å². The van der Waals surface area contributed by atoms with Crippen LogP contribution in [-0.2, 0) is 11.2 Å². The average molecular weight is 326 g/mol. The first kappa shape index (κ1) is 16.0. The Morgan fingerprint density at radius 1 is 1.33 bits per heavy atom. The molecule has 0 bridgehead atoms. The predicted molar refractivity (Wildman–Crippen MR) is 92.7 cm³/mol. The molecule has 3 nitrogen and oxygen atoms in total. The fourth-order valence-electron chi connectivity index (χ4n) is 6.09. The van der Waals surface area contributed by atoms with E-state index in [4.69, 9.17) is 11.2 Å². The van der Waals surface area contributed by atoms with Gasteiger partial charge in [-0.3, -0.25) is 0 Å². The summed E-state index contributed by atoms with van der Waals surface area (Å²) in [5, 5.41) is 20.9. The zero-order valence-corrected chi connectivity index (χ0v) is 14.5. The summed E-state index contributed by atoms with van der Waals surface area (Å²) in [6, 6.07) is 5.76. The van der Waals surface area contributed by atoms with Crippen molar-refractivity contribution in [3.05, 3.63) is 29.3 Å². The second-order valence-corrected chi connectivity index (χ2v) is 8.16. The highest BCUT2D eigenvalue weighted by atomic mass is 16.5. The fraction of sp³-hybridized carbons (Fsp3) is 0.619. The fourth-order valence-corrected chi connectivity index (χ4v) is 6.09. The lowest BCUT2D eigenvalue weighted by Crippen LogP contribution is -2.54. The summed E-state index contributed by atoms with van der Waals surface area (Å²) in [6.45, 7) is 2.17. The standard InChI is InChI=1S/C21H26O3/c1-4-21(23)10-9-17-16-7-5-13-11-14(22)6-8-15(13)19(16)18(24-3)12-20(17,21)2/h1,6,8,11,16-19,22-23H,5,7,9-10,12H2,2-3H3/t16-,17-,18?,19+,20?,21-/m0/s1. The SMILES string of the molecule is C#C[C@]1(O)CC[C@H]2[C@@H]3CCc4cc(O)ccc4[C@H]3C(OC)CC21C. The highest BCUT2D eigenvalue weighted by Gasteiger charge is 2.63. The molecule has 0 aliphatic heterocycles. The molecule has 2 unspecified atom stereocenters. The number of phenols is 1. The van der Waals surface area contributed by atoms with Crippen molar-refractivity contribution in [2.24, 2.45) is 17.3 Å².